The lowest BCUT2D eigenvalue weighted by atomic mass is 10.2. The van der Waals surface area contributed by atoms with Gasteiger partial charge in [0.25, 0.3) is 0 Å². The molecule has 0 aliphatic heterocycles. The standard InChI is InChI=1S/C14H25N3O3/c1-3-12(11-18)17-14(16-8-10-19-2)15-7-6-13-5-4-9-20-13/h4-5,9,12,18H,3,6-8,10-11H2,1-2H3,(H2,15,16,17)/t12-/m1/s1. The van der Waals surface area contributed by atoms with E-state index >= 15 is 0 Å². The summed E-state index contributed by atoms with van der Waals surface area (Å²) in [4.78, 5) is 4.40. The van der Waals surface area contributed by atoms with Crippen molar-refractivity contribution in [3.63, 3.8) is 0 Å². The number of furan rings is 1. The number of aliphatic hydroxyl groups is 1. The Bertz CT molecular complexity index is 362. The van der Waals surface area contributed by atoms with Gasteiger partial charge in [-0.3, -0.25) is 4.99 Å². The molecule has 0 amide bonds. The summed E-state index contributed by atoms with van der Waals surface area (Å²) >= 11 is 0. The quantitative estimate of drug-likeness (QED) is 0.354. The fourth-order valence-electron chi connectivity index (χ4n) is 1.63. The second-order valence-electron chi connectivity index (χ2n) is 4.41. The van der Waals surface area contributed by atoms with Gasteiger partial charge in [-0.05, 0) is 18.6 Å². The van der Waals surface area contributed by atoms with Gasteiger partial charge in [0.05, 0.1) is 32.1 Å². The second-order valence-corrected chi connectivity index (χ2v) is 4.41. The van der Waals surface area contributed by atoms with Gasteiger partial charge in [-0.2, -0.15) is 0 Å². The fourth-order valence-corrected chi connectivity index (χ4v) is 1.63. The molecular formula is C14H25N3O3. The molecule has 0 aliphatic carbocycles. The second kappa shape index (κ2) is 10.3. The van der Waals surface area contributed by atoms with Gasteiger partial charge in [-0.25, -0.2) is 0 Å². The number of nitrogens with one attached hydrogen (secondary N) is 2. The van der Waals surface area contributed by atoms with E-state index in [1.807, 2.05) is 19.1 Å². The fraction of sp³-hybridized carbons (Fsp3) is 0.643. The van der Waals surface area contributed by atoms with Crippen LogP contribution < -0.4 is 10.6 Å². The lowest BCUT2D eigenvalue weighted by Crippen LogP contribution is -2.45. The highest BCUT2D eigenvalue weighted by Crippen LogP contribution is 1.99. The Kier molecular flexibility index (Phi) is 8.49. The number of hydrogen-bond acceptors (Lipinski definition) is 4. The molecule has 1 aromatic rings. The highest BCUT2D eigenvalue weighted by molar-refractivity contribution is 5.80. The minimum atomic E-state index is 0.00686. The van der Waals surface area contributed by atoms with Gasteiger partial charge in [0.1, 0.15) is 5.76 Å². The predicted octanol–water partition coefficient (Wildman–Crippen LogP) is 0.775. The number of nitrogens with zero attached hydrogens (tertiary/aromatic N) is 1. The van der Waals surface area contributed by atoms with Gasteiger partial charge < -0.3 is 24.9 Å². The topological polar surface area (TPSA) is 79.0 Å². The maximum atomic E-state index is 9.24. The molecule has 6 heteroatoms. The molecule has 6 nitrogen and oxygen atoms in total. The molecule has 0 spiro atoms. The summed E-state index contributed by atoms with van der Waals surface area (Å²) in [7, 11) is 1.65. The average molecular weight is 283 g/mol. The molecule has 1 heterocycles. The van der Waals surface area contributed by atoms with Crippen LogP contribution in [0, 0.1) is 0 Å². The summed E-state index contributed by atoms with van der Waals surface area (Å²) in [6.45, 7) is 3.97. The third-order valence-corrected chi connectivity index (χ3v) is 2.86. The number of aliphatic imine (C=N–C) groups is 1. The molecular weight excluding hydrogens is 258 g/mol. The predicted molar refractivity (Wildman–Crippen MR) is 78.9 cm³/mol. The van der Waals surface area contributed by atoms with E-state index in [4.69, 9.17) is 9.15 Å². The smallest absolute Gasteiger partial charge is 0.191 e. The molecule has 3 N–H and O–H groups in total. The van der Waals surface area contributed by atoms with E-state index in [0.29, 0.717) is 25.7 Å². The van der Waals surface area contributed by atoms with E-state index < -0.39 is 0 Å². The van der Waals surface area contributed by atoms with Crippen LogP contribution in [-0.4, -0.2) is 50.5 Å². The SMILES string of the molecule is CC[C@H](CO)NC(=NCCOC)NCCc1ccco1. The van der Waals surface area contributed by atoms with Crippen molar-refractivity contribution in [1.82, 2.24) is 10.6 Å². The van der Waals surface area contributed by atoms with Crippen LogP contribution >= 0.6 is 0 Å². The summed E-state index contributed by atoms with van der Waals surface area (Å²) in [6.07, 6.45) is 3.29. The van der Waals surface area contributed by atoms with Crippen LogP contribution in [0.3, 0.4) is 0 Å². The molecule has 1 atom stereocenters. The highest BCUT2D eigenvalue weighted by Gasteiger charge is 2.07. The zero-order valence-electron chi connectivity index (χ0n) is 12.3. The molecule has 0 fully saturated rings. The minimum absolute atomic E-state index is 0.00686. The van der Waals surface area contributed by atoms with Crippen LogP contribution in [0.2, 0.25) is 0 Å². The summed E-state index contributed by atoms with van der Waals surface area (Å²) < 4.78 is 10.3. The molecule has 0 saturated carbocycles. The van der Waals surface area contributed by atoms with Crippen molar-refractivity contribution in [3.8, 4) is 0 Å². The number of guanidine groups is 1. The first-order valence-electron chi connectivity index (χ1n) is 6.97. The first-order valence-corrected chi connectivity index (χ1v) is 6.97. The van der Waals surface area contributed by atoms with Crippen molar-refractivity contribution in [3.05, 3.63) is 24.2 Å². The average Bonchev–Trinajstić information content (AvgIpc) is 2.97. The third-order valence-electron chi connectivity index (χ3n) is 2.86. The zero-order chi connectivity index (χ0) is 14.6. The van der Waals surface area contributed by atoms with Crippen LogP contribution in [-0.2, 0) is 11.2 Å². The molecule has 0 aliphatic rings. The molecule has 1 aromatic heterocycles. The van der Waals surface area contributed by atoms with Crippen molar-refractivity contribution < 1.29 is 14.3 Å². The number of methoxy groups -OCH3 is 1. The molecule has 20 heavy (non-hydrogen) atoms. The monoisotopic (exact) mass is 283 g/mol. The van der Waals surface area contributed by atoms with Gasteiger partial charge in [0.2, 0.25) is 0 Å². The Balaban J connectivity index is 2.42. The van der Waals surface area contributed by atoms with Gasteiger partial charge in [-0.1, -0.05) is 6.92 Å². The van der Waals surface area contributed by atoms with Gasteiger partial charge in [0, 0.05) is 20.1 Å². The van der Waals surface area contributed by atoms with E-state index in [-0.39, 0.29) is 12.6 Å². The van der Waals surface area contributed by atoms with Gasteiger partial charge >= 0.3 is 0 Å². The van der Waals surface area contributed by atoms with Gasteiger partial charge in [-0.15, -0.1) is 0 Å². The number of hydrogen-bond donors (Lipinski definition) is 3. The first-order chi connectivity index (χ1) is 9.80. The van der Waals surface area contributed by atoms with Crippen molar-refractivity contribution in [2.24, 2.45) is 4.99 Å². The number of ether oxygens (including phenoxy) is 1. The van der Waals surface area contributed by atoms with E-state index in [0.717, 1.165) is 18.6 Å². The Hall–Kier alpha value is -1.53. The van der Waals surface area contributed by atoms with E-state index in [2.05, 4.69) is 15.6 Å². The first kappa shape index (κ1) is 16.5. The lowest BCUT2D eigenvalue weighted by molar-refractivity contribution is 0.207. The van der Waals surface area contributed by atoms with Gasteiger partial charge in [0.15, 0.2) is 5.96 Å². The summed E-state index contributed by atoms with van der Waals surface area (Å²) in [5.41, 5.74) is 0. The van der Waals surface area contributed by atoms with Crippen LogP contribution in [0.1, 0.15) is 19.1 Å². The minimum Gasteiger partial charge on any atom is -0.469 e. The van der Waals surface area contributed by atoms with Crippen molar-refractivity contribution in [1.29, 1.82) is 0 Å². The van der Waals surface area contributed by atoms with E-state index in [1.54, 1.807) is 13.4 Å². The third kappa shape index (κ3) is 6.58. The van der Waals surface area contributed by atoms with Crippen LogP contribution in [0.15, 0.2) is 27.8 Å². The van der Waals surface area contributed by atoms with E-state index in [1.165, 1.54) is 0 Å². The zero-order valence-corrected chi connectivity index (χ0v) is 12.3. The van der Waals surface area contributed by atoms with Crippen LogP contribution in [0.25, 0.3) is 0 Å². The Labute approximate surface area is 120 Å². The number of rotatable bonds is 9. The largest absolute Gasteiger partial charge is 0.469 e. The molecule has 114 valence electrons. The molecule has 0 unspecified atom stereocenters. The summed E-state index contributed by atoms with van der Waals surface area (Å²) in [5.74, 6) is 1.62. The van der Waals surface area contributed by atoms with Crippen LogP contribution in [0.4, 0.5) is 0 Å². The van der Waals surface area contributed by atoms with Crippen LogP contribution in [0.5, 0.6) is 0 Å². The maximum Gasteiger partial charge on any atom is 0.191 e. The molecule has 0 bridgehead atoms. The molecule has 1 rings (SSSR count). The van der Waals surface area contributed by atoms with E-state index in [9.17, 15) is 5.11 Å². The molecule has 0 saturated heterocycles. The van der Waals surface area contributed by atoms with Crippen molar-refractivity contribution in [2.45, 2.75) is 25.8 Å². The normalized spacial score (nSPS) is 13.2. The van der Waals surface area contributed by atoms with Crippen molar-refractivity contribution in [2.75, 3.05) is 33.4 Å². The Morgan fingerprint density at radius 1 is 1.55 bits per heavy atom. The molecule has 0 radical (unpaired) electrons. The Morgan fingerprint density at radius 2 is 2.40 bits per heavy atom. The van der Waals surface area contributed by atoms with Crippen molar-refractivity contribution >= 4 is 5.96 Å². The summed E-state index contributed by atoms with van der Waals surface area (Å²) in [5, 5.41) is 15.7. The summed E-state index contributed by atoms with van der Waals surface area (Å²) in [6, 6.07) is 3.83. The highest BCUT2D eigenvalue weighted by atomic mass is 16.5. The Morgan fingerprint density at radius 3 is 3.00 bits per heavy atom. The maximum absolute atomic E-state index is 9.24. The lowest BCUT2D eigenvalue weighted by Gasteiger charge is -2.18. The number of aliphatic hydroxyl groups excluding tert-OH is 1. The molecule has 0 aromatic carbocycles.